The molecule has 0 aromatic rings. The lowest BCUT2D eigenvalue weighted by Gasteiger charge is -2.22. The van der Waals surface area contributed by atoms with Gasteiger partial charge in [0.1, 0.15) is 6.10 Å². The molecular weight excluding hydrogens is 142 g/mol. The number of aliphatic hydroxyl groups excluding tert-OH is 1. The van der Waals surface area contributed by atoms with Crippen molar-refractivity contribution >= 4 is 5.91 Å². The molecule has 0 heterocycles. The highest BCUT2D eigenvalue weighted by Gasteiger charge is 2.18. The van der Waals surface area contributed by atoms with E-state index in [9.17, 15) is 4.79 Å². The lowest BCUT2D eigenvalue weighted by atomic mass is 10.1. The SMILES string of the molecule is CC[C@H](O)C(=O)NC(C)(C)C. The Morgan fingerprint density at radius 3 is 2.27 bits per heavy atom. The summed E-state index contributed by atoms with van der Waals surface area (Å²) in [6.45, 7) is 7.42. The van der Waals surface area contributed by atoms with Crippen LogP contribution in [-0.4, -0.2) is 22.7 Å². The first kappa shape index (κ1) is 10.4. The van der Waals surface area contributed by atoms with Crippen molar-refractivity contribution in [2.45, 2.75) is 45.8 Å². The van der Waals surface area contributed by atoms with E-state index in [1.165, 1.54) is 0 Å². The molecule has 66 valence electrons. The molecule has 0 rings (SSSR count). The highest BCUT2D eigenvalue weighted by atomic mass is 16.3. The molecule has 2 N–H and O–H groups in total. The third-order valence-corrected chi connectivity index (χ3v) is 1.19. The van der Waals surface area contributed by atoms with E-state index < -0.39 is 6.10 Å². The van der Waals surface area contributed by atoms with Crippen molar-refractivity contribution in [3.8, 4) is 0 Å². The molecule has 0 aromatic heterocycles. The van der Waals surface area contributed by atoms with E-state index in [0.29, 0.717) is 6.42 Å². The van der Waals surface area contributed by atoms with Crippen molar-refractivity contribution in [2.24, 2.45) is 0 Å². The molecule has 0 spiro atoms. The first-order valence-electron chi connectivity index (χ1n) is 3.87. The lowest BCUT2D eigenvalue weighted by molar-refractivity contribution is -0.130. The van der Waals surface area contributed by atoms with Gasteiger partial charge in [-0.2, -0.15) is 0 Å². The van der Waals surface area contributed by atoms with Crippen LogP contribution in [0.15, 0.2) is 0 Å². The fraction of sp³-hybridized carbons (Fsp3) is 0.875. The van der Waals surface area contributed by atoms with Crippen LogP contribution in [0.1, 0.15) is 34.1 Å². The lowest BCUT2D eigenvalue weighted by Crippen LogP contribution is -2.45. The molecule has 0 saturated carbocycles. The van der Waals surface area contributed by atoms with Crippen molar-refractivity contribution in [3.63, 3.8) is 0 Å². The minimum Gasteiger partial charge on any atom is -0.383 e. The van der Waals surface area contributed by atoms with Gasteiger partial charge in [0.05, 0.1) is 0 Å². The zero-order valence-corrected chi connectivity index (χ0v) is 7.64. The molecule has 0 bridgehead atoms. The minimum absolute atomic E-state index is 0.257. The Bertz CT molecular complexity index is 138. The zero-order chi connectivity index (χ0) is 9.07. The number of hydrogen-bond acceptors (Lipinski definition) is 2. The summed E-state index contributed by atoms with van der Waals surface area (Å²) in [6, 6.07) is 0. The Hall–Kier alpha value is -0.570. The van der Waals surface area contributed by atoms with Crippen molar-refractivity contribution in [1.82, 2.24) is 5.32 Å². The molecule has 1 atom stereocenters. The Morgan fingerprint density at radius 1 is 1.55 bits per heavy atom. The molecule has 0 saturated heterocycles. The van der Waals surface area contributed by atoms with E-state index >= 15 is 0 Å². The van der Waals surface area contributed by atoms with Gasteiger partial charge in [0.25, 0.3) is 0 Å². The molecule has 0 aromatic carbocycles. The molecule has 3 nitrogen and oxygen atoms in total. The van der Waals surface area contributed by atoms with Crippen molar-refractivity contribution in [3.05, 3.63) is 0 Å². The van der Waals surface area contributed by atoms with Crippen LogP contribution in [0.25, 0.3) is 0 Å². The van der Waals surface area contributed by atoms with Gasteiger partial charge in [-0.25, -0.2) is 0 Å². The molecule has 0 aliphatic carbocycles. The van der Waals surface area contributed by atoms with Gasteiger partial charge < -0.3 is 10.4 Å². The monoisotopic (exact) mass is 159 g/mol. The van der Waals surface area contributed by atoms with Gasteiger partial charge in [-0.1, -0.05) is 6.92 Å². The van der Waals surface area contributed by atoms with E-state index in [-0.39, 0.29) is 11.4 Å². The molecule has 3 heteroatoms. The minimum atomic E-state index is -0.866. The molecule has 11 heavy (non-hydrogen) atoms. The van der Waals surface area contributed by atoms with E-state index in [4.69, 9.17) is 5.11 Å². The van der Waals surface area contributed by atoms with Crippen molar-refractivity contribution in [1.29, 1.82) is 0 Å². The topological polar surface area (TPSA) is 49.3 Å². The van der Waals surface area contributed by atoms with Crippen LogP contribution in [0.5, 0.6) is 0 Å². The van der Waals surface area contributed by atoms with Crippen molar-refractivity contribution < 1.29 is 9.90 Å². The Balaban J connectivity index is 3.88. The molecule has 0 unspecified atom stereocenters. The predicted octanol–water partition coefficient (Wildman–Crippen LogP) is 0.672. The second-order valence-corrected chi connectivity index (χ2v) is 3.66. The summed E-state index contributed by atoms with van der Waals surface area (Å²) >= 11 is 0. The fourth-order valence-corrected chi connectivity index (χ4v) is 0.638. The van der Waals surface area contributed by atoms with Crippen LogP contribution < -0.4 is 5.32 Å². The maximum Gasteiger partial charge on any atom is 0.249 e. The third kappa shape index (κ3) is 4.79. The van der Waals surface area contributed by atoms with Crippen LogP contribution >= 0.6 is 0 Å². The average molecular weight is 159 g/mol. The summed E-state index contributed by atoms with van der Waals surface area (Å²) in [6.07, 6.45) is -0.406. The van der Waals surface area contributed by atoms with Gasteiger partial charge in [0, 0.05) is 5.54 Å². The molecular formula is C8H17NO2. The molecule has 0 radical (unpaired) electrons. The zero-order valence-electron chi connectivity index (χ0n) is 7.64. The van der Waals surface area contributed by atoms with Gasteiger partial charge in [0.15, 0.2) is 0 Å². The highest BCUT2D eigenvalue weighted by molar-refractivity contribution is 5.80. The summed E-state index contributed by atoms with van der Waals surface area (Å²) in [5.74, 6) is -0.292. The molecule has 1 amide bonds. The number of carbonyl (C=O) groups excluding carboxylic acids is 1. The standard InChI is InChI=1S/C8H17NO2/c1-5-6(10)7(11)9-8(2,3)4/h6,10H,5H2,1-4H3,(H,9,11)/t6-/m0/s1. The van der Waals surface area contributed by atoms with E-state index in [1.807, 2.05) is 20.8 Å². The van der Waals surface area contributed by atoms with Gasteiger partial charge in [-0.15, -0.1) is 0 Å². The number of hydrogen-bond donors (Lipinski definition) is 2. The van der Waals surface area contributed by atoms with Crippen LogP contribution in [0.4, 0.5) is 0 Å². The first-order valence-corrected chi connectivity index (χ1v) is 3.87. The predicted molar refractivity (Wildman–Crippen MR) is 44.2 cm³/mol. The average Bonchev–Trinajstić information content (AvgIpc) is 1.82. The Labute approximate surface area is 67.8 Å². The van der Waals surface area contributed by atoms with Gasteiger partial charge in [0.2, 0.25) is 5.91 Å². The van der Waals surface area contributed by atoms with Gasteiger partial charge in [-0.3, -0.25) is 4.79 Å². The summed E-state index contributed by atoms with van der Waals surface area (Å²) in [4.78, 5) is 11.0. The first-order chi connectivity index (χ1) is 4.87. The Morgan fingerprint density at radius 2 is 2.00 bits per heavy atom. The van der Waals surface area contributed by atoms with Crippen molar-refractivity contribution in [2.75, 3.05) is 0 Å². The number of carbonyl (C=O) groups is 1. The van der Waals surface area contributed by atoms with E-state index in [1.54, 1.807) is 6.92 Å². The summed E-state index contributed by atoms with van der Waals surface area (Å²) < 4.78 is 0. The summed E-state index contributed by atoms with van der Waals surface area (Å²) in [5.41, 5.74) is -0.257. The Kier molecular flexibility index (Phi) is 3.52. The van der Waals surface area contributed by atoms with Crippen LogP contribution in [-0.2, 0) is 4.79 Å². The number of rotatable bonds is 2. The van der Waals surface area contributed by atoms with Gasteiger partial charge in [-0.05, 0) is 27.2 Å². The normalized spacial score (nSPS) is 14.3. The van der Waals surface area contributed by atoms with Crippen LogP contribution in [0.3, 0.4) is 0 Å². The molecule has 0 aliphatic rings. The largest absolute Gasteiger partial charge is 0.383 e. The maximum atomic E-state index is 11.0. The maximum absolute atomic E-state index is 11.0. The number of amides is 1. The number of aliphatic hydroxyl groups is 1. The van der Waals surface area contributed by atoms with E-state index in [2.05, 4.69) is 5.32 Å². The molecule has 0 aliphatic heterocycles. The fourth-order valence-electron chi connectivity index (χ4n) is 0.638. The van der Waals surface area contributed by atoms with E-state index in [0.717, 1.165) is 0 Å². The molecule has 0 fully saturated rings. The third-order valence-electron chi connectivity index (χ3n) is 1.19. The highest BCUT2D eigenvalue weighted by Crippen LogP contribution is 2.00. The summed E-state index contributed by atoms with van der Waals surface area (Å²) in [5, 5.41) is 11.8. The smallest absolute Gasteiger partial charge is 0.249 e. The van der Waals surface area contributed by atoms with Crippen LogP contribution in [0, 0.1) is 0 Å². The number of nitrogens with one attached hydrogen (secondary N) is 1. The second kappa shape index (κ2) is 3.72. The van der Waals surface area contributed by atoms with Gasteiger partial charge >= 0.3 is 0 Å². The summed E-state index contributed by atoms with van der Waals surface area (Å²) in [7, 11) is 0. The second-order valence-electron chi connectivity index (χ2n) is 3.66. The van der Waals surface area contributed by atoms with Crippen LogP contribution in [0.2, 0.25) is 0 Å². The quantitative estimate of drug-likeness (QED) is 0.622.